The van der Waals surface area contributed by atoms with Crippen molar-refractivity contribution >= 4 is 11.8 Å². The van der Waals surface area contributed by atoms with Crippen molar-refractivity contribution in [2.24, 2.45) is 11.7 Å². The SMILES string of the molecule is CC(C)C(=O)N[C@H](Cc1ccc(C#N)cc1)C(N)=O. The predicted octanol–water partition coefficient (Wildman–Crippen LogP) is 0.727. The summed E-state index contributed by atoms with van der Waals surface area (Å²) in [6, 6.07) is 8.10. The van der Waals surface area contributed by atoms with E-state index in [1.54, 1.807) is 38.1 Å². The first kappa shape index (κ1) is 14.7. The second kappa shape index (κ2) is 6.55. The highest BCUT2D eigenvalue weighted by Crippen LogP contribution is 2.07. The van der Waals surface area contributed by atoms with Gasteiger partial charge in [-0.3, -0.25) is 9.59 Å². The van der Waals surface area contributed by atoms with Gasteiger partial charge in [0.25, 0.3) is 0 Å². The molecule has 0 heterocycles. The van der Waals surface area contributed by atoms with Crippen LogP contribution in [0.2, 0.25) is 0 Å². The number of hydrogen-bond donors (Lipinski definition) is 2. The molecule has 0 radical (unpaired) electrons. The molecular formula is C14H17N3O2. The third-order valence-corrected chi connectivity index (χ3v) is 2.71. The third-order valence-electron chi connectivity index (χ3n) is 2.71. The van der Waals surface area contributed by atoms with E-state index in [0.717, 1.165) is 5.56 Å². The number of nitrogens with one attached hydrogen (secondary N) is 1. The summed E-state index contributed by atoms with van der Waals surface area (Å²) in [6.45, 7) is 3.49. The van der Waals surface area contributed by atoms with E-state index < -0.39 is 11.9 Å². The Morgan fingerprint density at radius 3 is 2.32 bits per heavy atom. The van der Waals surface area contributed by atoms with E-state index in [-0.39, 0.29) is 11.8 Å². The summed E-state index contributed by atoms with van der Waals surface area (Å²) in [6.07, 6.45) is 0.319. The molecule has 0 unspecified atom stereocenters. The number of primary amides is 1. The van der Waals surface area contributed by atoms with Gasteiger partial charge in [-0.2, -0.15) is 5.26 Å². The summed E-state index contributed by atoms with van der Waals surface area (Å²) in [5, 5.41) is 11.3. The van der Waals surface area contributed by atoms with Crippen molar-refractivity contribution in [3.05, 3.63) is 35.4 Å². The Morgan fingerprint density at radius 2 is 1.89 bits per heavy atom. The number of carbonyl (C=O) groups is 2. The van der Waals surface area contributed by atoms with Crippen LogP contribution in [-0.4, -0.2) is 17.9 Å². The number of carbonyl (C=O) groups excluding carboxylic acids is 2. The lowest BCUT2D eigenvalue weighted by molar-refractivity contribution is -0.129. The van der Waals surface area contributed by atoms with Crippen molar-refractivity contribution in [2.75, 3.05) is 0 Å². The second-order valence-corrected chi connectivity index (χ2v) is 4.63. The summed E-state index contributed by atoms with van der Waals surface area (Å²) in [5.41, 5.74) is 6.67. The molecular weight excluding hydrogens is 242 g/mol. The van der Waals surface area contributed by atoms with Gasteiger partial charge in [0.1, 0.15) is 6.04 Å². The smallest absolute Gasteiger partial charge is 0.240 e. The van der Waals surface area contributed by atoms with E-state index in [9.17, 15) is 9.59 Å². The third kappa shape index (κ3) is 4.43. The standard InChI is InChI=1S/C14H17N3O2/c1-9(2)14(19)17-12(13(16)18)7-10-3-5-11(8-15)6-4-10/h3-6,9,12H,7H2,1-2H3,(H2,16,18)(H,17,19)/t12-/m1/s1. The van der Waals surface area contributed by atoms with Gasteiger partial charge < -0.3 is 11.1 Å². The lowest BCUT2D eigenvalue weighted by Crippen LogP contribution is -2.47. The highest BCUT2D eigenvalue weighted by molar-refractivity contribution is 5.87. The molecule has 0 fully saturated rings. The van der Waals surface area contributed by atoms with E-state index in [0.29, 0.717) is 12.0 Å². The number of nitrogens with zero attached hydrogens (tertiary/aromatic N) is 1. The molecule has 0 aliphatic carbocycles. The zero-order valence-electron chi connectivity index (χ0n) is 11.0. The number of hydrogen-bond acceptors (Lipinski definition) is 3. The molecule has 1 atom stereocenters. The molecule has 0 saturated heterocycles. The Labute approximate surface area is 112 Å². The van der Waals surface area contributed by atoms with Crippen LogP contribution in [0.15, 0.2) is 24.3 Å². The maximum absolute atomic E-state index is 11.6. The number of rotatable bonds is 5. The lowest BCUT2D eigenvalue weighted by Gasteiger charge is -2.17. The van der Waals surface area contributed by atoms with Gasteiger partial charge in [-0.05, 0) is 17.7 Å². The average molecular weight is 259 g/mol. The van der Waals surface area contributed by atoms with Gasteiger partial charge in [-0.15, -0.1) is 0 Å². The zero-order chi connectivity index (χ0) is 14.4. The van der Waals surface area contributed by atoms with Crippen LogP contribution in [0.1, 0.15) is 25.0 Å². The lowest BCUT2D eigenvalue weighted by atomic mass is 10.0. The molecule has 19 heavy (non-hydrogen) atoms. The van der Waals surface area contributed by atoms with Gasteiger partial charge in [-0.1, -0.05) is 26.0 Å². The normalized spacial score (nSPS) is 11.7. The minimum absolute atomic E-state index is 0.206. The highest BCUT2D eigenvalue weighted by Gasteiger charge is 2.19. The summed E-state index contributed by atoms with van der Waals surface area (Å²) in [7, 11) is 0. The number of nitrogens with two attached hydrogens (primary N) is 1. The Morgan fingerprint density at radius 1 is 1.32 bits per heavy atom. The van der Waals surface area contributed by atoms with Gasteiger partial charge in [0.05, 0.1) is 11.6 Å². The Balaban J connectivity index is 2.75. The maximum atomic E-state index is 11.6. The molecule has 1 aromatic rings. The van der Waals surface area contributed by atoms with Crippen LogP contribution in [0.5, 0.6) is 0 Å². The molecule has 0 saturated carbocycles. The molecule has 1 aromatic carbocycles. The van der Waals surface area contributed by atoms with Crippen LogP contribution >= 0.6 is 0 Å². The minimum atomic E-state index is -0.733. The summed E-state index contributed by atoms with van der Waals surface area (Å²) in [4.78, 5) is 22.9. The molecule has 1 rings (SSSR count). The quantitative estimate of drug-likeness (QED) is 0.815. The summed E-state index contributed by atoms with van der Waals surface area (Å²) >= 11 is 0. The molecule has 3 N–H and O–H groups in total. The topological polar surface area (TPSA) is 96.0 Å². The number of benzene rings is 1. The minimum Gasteiger partial charge on any atom is -0.368 e. The Kier molecular flexibility index (Phi) is 5.07. The van der Waals surface area contributed by atoms with Crippen molar-refractivity contribution in [3.8, 4) is 6.07 Å². The highest BCUT2D eigenvalue weighted by atomic mass is 16.2. The van der Waals surface area contributed by atoms with Crippen LogP contribution in [0.25, 0.3) is 0 Å². The average Bonchev–Trinajstić information content (AvgIpc) is 2.38. The van der Waals surface area contributed by atoms with Crippen molar-refractivity contribution in [1.29, 1.82) is 5.26 Å². The van der Waals surface area contributed by atoms with Gasteiger partial charge >= 0.3 is 0 Å². The van der Waals surface area contributed by atoms with E-state index in [2.05, 4.69) is 5.32 Å². The molecule has 100 valence electrons. The molecule has 0 bridgehead atoms. The van der Waals surface area contributed by atoms with Crippen LogP contribution < -0.4 is 11.1 Å². The molecule has 0 aromatic heterocycles. The molecule has 0 spiro atoms. The first-order valence-corrected chi connectivity index (χ1v) is 6.02. The fourth-order valence-electron chi connectivity index (χ4n) is 1.51. The van der Waals surface area contributed by atoms with Gasteiger partial charge in [-0.25, -0.2) is 0 Å². The van der Waals surface area contributed by atoms with Crippen molar-refractivity contribution < 1.29 is 9.59 Å². The van der Waals surface area contributed by atoms with Gasteiger partial charge in [0.2, 0.25) is 11.8 Å². The Hall–Kier alpha value is -2.35. The fraction of sp³-hybridized carbons (Fsp3) is 0.357. The first-order chi connectivity index (χ1) is 8.93. The molecule has 0 aliphatic rings. The number of amides is 2. The number of nitriles is 1. The van der Waals surface area contributed by atoms with E-state index >= 15 is 0 Å². The van der Waals surface area contributed by atoms with E-state index in [4.69, 9.17) is 11.0 Å². The molecule has 5 heteroatoms. The molecule has 2 amide bonds. The van der Waals surface area contributed by atoms with Gasteiger partial charge in [0, 0.05) is 12.3 Å². The Bertz CT molecular complexity index is 500. The van der Waals surface area contributed by atoms with Crippen LogP contribution in [0, 0.1) is 17.2 Å². The van der Waals surface area contributed by atoms with Crippen LogP contribution in [-0.2, 0) is 16.0 Å². The predicted molar refractivity (Wildman–Crippen MR) is 70.8 cm³/mol. The van der Waals surface area contributed by atoms with Crippen LogP contribution in [0.3, 0.4) is 0 Å². The summed E-state index contributed by atoms with van der Waals surface area (Å²) < 4.78 is 0. The van der Waals surface area contributed by atoms with E-state index in [1.165, 1.54) is 0 Å². The monoisotopic (exact) mass is 259 g/mol. The largest absolute Gasteiger partial charge is 0.368 e. The van der Waals surface area contributed by atoms with Crippen LogP contribution in [0.4, 0.5) is 0 Å². The molecule has 5 nitrogen and oxygen atoms in total. The van der Waals surface area contributed by atoms with Crippen molar-refractivity contribution in [1.82, 2.24) is 5.32 Å². The second-order valence-electron chi connectivity index (χ2n) is 4.63. The summed E-state index contributed by atoms with van der Waals surface area (Å²) in [5.74, 6) is -0.987. The fourth-order valence-corrected chi connectivity index (χ4v) is 1.51. The van der Waals surface area contributed by atoms with E-state index in [1.807, 2.05) is 6.07 Å². The molecule has 0 aliphatic heterocycles. The maximum Gasteiger partial charge on any atom is 0.240 e. The van der Waals surface area contributed by atoms with Crippen molar-refractivity contribution in [3.63, 3.8) is 0 Å². The first-order valence-electron chi connectivity index (χ1n) is 6.02. The zero-order valence-corrected chi connectivity index (χ0v) is 11.0. The van der Waals surface area contributed by atoms with Crippen molar-refractivity contribution in [2.45, 2.75) is 26.3 Å². The van der Waals surface area contributed by atoms with Gasteiger partial charge in [0.15, 0.2) is 0 Å².